The molecule has 0 saturated heterocycles. The highest BCUT2D eigenvalue weighted by Crippen LogP contribution is 2.26. The van der Waals surface area contributed by atoms with Crippen molar-refractivity contribution in [2.45, 2.75) is 13.1 Å². The molecule has 4 aromatic rings. The van der Waals surface area contributed by atoms with Gasteiger partial charge in [0.2, 0.25) is 0 Å². The van der Waals surface area contributed by atoms with E-state index in [0.717, 1.165) is 21.9 Å². The van der Waals surface area contributed by atoms with Gasteiger partial charge in [-0.05, 0) is 46.2 Å². The highest BCUT2D eigenvalue weighted by Gasteiger charge is 2.16. The van der Waals surface area contributed by atoms with E-state index in [1.807, 2.05) is 54.6 Å². The summed E-state index contributed by atoms with van der Waals surface area (Å²) in [4.78, 5) is 37.0. The van der Waals surface area contributed by atoms with Crippen LogP contribution in [0.25, 0.3) is 10.8 Å². The third-order valence-corrected chi connectivity index (χ3v) is 5.61. The normalized spacial score (nSPS) is 10.5. The predicted octanol–water partition coefficient (Wildman–Crippen LogP) is 4.25. The number of methoxy groups -OCH3 is 1. The van der Waals surface area contributed by atoms with E-state index in [2.05, 4.69) is 15.4 Å². The maximum atomic E-state index is 13.0. The van der Waals surface area contributed by atoms with Crippen molar-refractivity contribution < 1.29 is 23.9 Å². The number of nitrogens with one attached hydrogen (secondary N) is 2. The van der Waals surface area contributed by atoms with Crippen molar-refractivity contribution in [3.05, 3.63) is 113 Å². The van der Waals surface area contributed by atoms with Gasteiger partial charge < -0.3 is 20.1 Å². The minimum Gasteiger partial charge on any atom is -0.483 e. The number of hydrogen-bond acceptors (Lipinski definition) is 5. The average Bonchev–Trinajstić information content (AvgIpc) is 2.93. The third kappa shape index (κ3) is 6.27. The Morgan fingerprint density at radius 3 is 2.03 bits per heavy atom. The lowest BCUT2D eigenvalue weighted by atomic mass is 10.1. The number of fused-ring (bicyclic) bond motifs is 1. The van der Waals surface area contributed by atoms with Gasteiger partial charge in [0.25, 0.3) is 11.8 Å². The topological polar surface area (TPSA) is 93.7 Å². The maximum absolute atomic E-state index is 13.0. The third-order valence-electron chi connectivity index (χ3n) is 5.61. The van der Waals surface area contributed by atoms with E-state index in [9.17, 15) is 14.4 Å². The summed E-state index contributed by atoms with van der Waals surface area (Å²) in [5, 5.41) is 7.50. The van der Waals surface area contributed by atoms with Crippen LogP contribution in [0.2, 0.25) is 0 Å². The number of ether oxygens (including phenoxy) is 2. The highest BCUT2D eigenvalue weighted by molar-refractivity contribution is 6.01. The van der Waals surface area contributed by atoms with E-state index in [1.165, 1.54) is 7.11 Å². The van der Waals surface area contributed by atoms with Crippen molar-refractivity contribution in [2.24, 2.45) is 0 Å². The van der Waals surface area contributed by atoms with Crippen molar-refractivity contribution in [2.75, 3.05) is 13.7 Å². The van der Waals surface area contributed by atoms with Gasteiger partial charge in [0.1, 0.15) is 5.75 Å². The molecule has 0 spiro atoms. The number of esters is 1. The summed E-state index contributed by atoms with van der Waals surface area (Å²) in [6.07, 6.45) is 0. The monoisotopic (exact) mass is 482 g/mol. The number of carbonyl (C=O) groups excluding carboxylic acids is 3. The summed E-state index contributed by atoms with van der Waals surface area (Å²) < 4.78 is 10.5. The Morgan fingerprint density at radius 2 is 1.33 bits per heavy atom. The summed E-state index contributed by atoms with van der Waals surface area (Å²) in [6, 6.07) is 27.6. The maximum Gasteiger partial charge on any atom is 0.337 e. The quantitative estimate of drug-likeness (QED) is 0.348. The zero-order valence-electron chi connectivity index (χ0n) is 19.8. The van der Waals surface area contributed by atoms with Gasteiger partial charge in [0.05, 0.1) is 18.2 Å². The first-order valence-electron chi connectivity index (χ1n) is 11.4. The molecule has 182 valence electrons. The molecule has 2 N–H and O–H groups in total. The van der Waals surface area contributed by atoms with Gasteiger partial charge in [-0.15, -0.1) is 0 Å². The van der Waals surface area contributed by atoms with Crippen molar-refractivity contribution in [1.82, 2.24) is 10.6 Å². The molecule has 0 aliphatic rings. The van der Waals surface area contributed by atoms with E-state index in [0.29, 0.717) is 23.4 Å². The Morgan fingerprint density at radius 1 is 0.722 bits per heavy atom. The SMILES string of the molecule is COC(=O)c1ccc(CNC(=O)COc2cc3ccccc3cc2C(=O)NCc2ccccc2)cc1. The second-order valence-electron chi connectivity index (χ2n) is 8.12. The molecule has 0 aliphatic carbocycles. The Hall–Kier alpha value is -4.65. The number of amides is 2. The molecular weight excluding hydrogens is 456 g/mol. The second kappa shape index (κ2) is 11.7. The van der Waals surface area contributed by atoms with Crippen LogP contribution in [0.1, 0.15) is 31.8 Å². The average molecular weight is 483 g/mol. The number of hydrogen-bond donors (Lipinski definition) is 2. The van der Waals surface area contributed by atoms with Crippen LogP contribution in [0.3, 0.4) is 0 Å². The predicted molar refractivity (Wildman–Crippen MR) is 137 cm³/mol. The fourth-order valence-corrected chi connectivity index (χ4v) is 3.66. The van der Waals surface area contributed by atoms with Crippen molar-refractivity contribution in [3.8, 4) is 5.75 Å². The van der Waals surface area contributed by atoms with Crippen molar-refractivity contribution in [1.29, 1.82) is 0 Å². The van der Waals surface area contributed by atoms with Crippen LogP contribution in [0.5, 0.6) is 5.75 Å². The van der Waals surface area contributed by atoms with E-state index in [4.69, 9.17) is 4.74 Å². The van der Waals surface area contributed by atoms with Crippen LogP contribution < -0.4 is 15.4 Å². The lowest BCUT2D eigenvalue weighted by Gasteiger charge is -2.14. The molecule has 0 fully saturated rings. The lowest BCUT2D eigenvalue weighted by molar-refractivity contribution is -0.123. The summed E-state index contributed by atoms with van der Waals surface area (Å²) in [5.41, 5.74) is 2.59. The van der Waals surface area contributed by atoms with Crippen molar-refractivity contribution >= 4 is 28.6 Å². The standard InChI is InChI=1S/C29H26N2O5/c1-35-29(34)22-13-11-21(12-14-22)17-30-27(32)19-36-26-16-24-10-6-5-9-23(24)15-25(26)28(33)31-18-20-7-3-2-4-8-20/h2-16H,17-19H2,1H3,(H,30,32)(H,31,33). The fourth-order valence-electron chi connectivity index (χ4n) is 3.66. The molecule has 36 heavy (non-hydrogen) atoms. The molecule has 0 bridgehead atoms. The molecule has 7 nitrogen and oxygen atoms in total. The van der Waals surface area contributed by atoms with Crippen LogP contribution in [0.15, 0.2) is 91.0 Å². The first kappa shape index (κ1) is 24.5. The Labute approximate surface area is 209 Å². The molecule has 0 atom stereocenters. The number of benzene rings is 4. The van der Waals surface area contributed by atoms with Crippen LogP contribution in [-0.4, -0.2) is 31.5 Å². The summed E-state index contributed by atoms with van der Waals surface area (Å²) >= 11 is 0. The van der Waals surface area contributed by atoms with E-state index >= 15 is 0 Å². The smallest absolute Gasteiger partial charge is 0.337 e. The Balaban J connectivity index is 1.41. The van der Waals surface area contributed by atoms with Crippen LogP contribution in [0, 0.1) is 0 Å². The van der Waals surface area contributed by atoms with E-state index in [1.54, 1.807) is 36.4 Å². The summed E-state index contributed by atoms with van der Waals surface area (Å²) in [7, 11) is 1.32. The number of rotatable bonds is 9. The molecule has 7 heteroatoms. The molecular formula is C29H26N2O5. The fraction of sp³-hybridized carbons (Fsp3) is 0.138. The van der Waals surface area contributed by atoms with E-state index < -0.39 is 5.97 Å². The molecule has 0 saturated carbocycles. The summed E-state index contributed by atoms with van der Waals surface area (Å²) in [5.74, 6) is -0.712. The van der Waals surface area contributed by atoms with Crippen LogP contribution in [0.4, 0.5) is 0 Å². The van der Waals surface area contributed by atoms with Gasteiger partial charge in [-0.3, -0.25) is 9.59 Å². The lowest BCUT2D eigenvalue weighted by Crippen LogP contribution is -2.29. The molecule has 4 aromatic carbocycles. The number of carbonyl (C=O) groups is 3. The van der Waals surface area contributed by atoms with Gasteiger partial charge in [-0.25, -0.2) is 4.79 Å². The van der Waals surface area contributed by atoms with E-state index in [-0.39, 0.29) is 25.0 Å². The first-order valence-corrected chi connectivity index (χ1v) is 11.4. The molecule has 2 amide bonds. The van der Waals surface area contributed by atoms with Crippen molar-refractivity contribution in [3.63, 3.8) is 0 Å². The summed E-state index contributed by atoms with van der Waals surface area (Å²) in [6.45, 7) is 0.393. The molecule has 0 heterocycles. The molecule has 4 rings (SSSR count). The van der Waals surface area contributed by atoms with Gasteiger partial charge in [0, 0.05) is 13.1 Å². The van der Waals surface area contributed by atoms with Gasteiger partial charge in [-0.2, -0.15) is 0 Å². The largest absolute Gasteiger partial charge is 0.483 e. The molecule has 0 aromatic heterocycles. The second-order valence-corrected chi connectivity index (χ2v) is 8.12. The van der Waals surface area contributed by atoms with Crippen LogP contribution in [-0.2, 0) is 22.6 Å². The Kier molecular flexibility index (Phi) is 7.93. The zero-order chi connectivity index (χ0) is 25.3. The van der Waals surface area contributed by atoms with Crippen LogP contribution >= 0.6 is 0 Å². The van der Waals surface area contributed by atoms with Gasteiger partial charge in [-0.1, -0.05) is 66.7 Å². The van der Waals surface area contributed by atoms with Gasteiger partial charge in [0.15, 0.2) is 6.61 Å². The molecule has 0 unspecified atom stereocenters. The minimum atomic E-state index is -0.419. The Bertz CT molecular complexity index is 1370. The van der Waals surface area contributed by atoms with Gasteiger partial charge >= 0.3 is 5.97 Å². The molecule has 0 aliphatic heterocycles. The minimum absolute atomic E-state index is 0.252. The zero-order valence-corrected chi connectivity index (χ0v) is 19.8. The highest BCUT2D eigenvalue weighted by atomic mass is 16.5. The first-order chi connectivity index (χ1) is 17.5. The molecule has 0 radical (unpaired) electrons.